The van der Waals surface area contributed by atoms with Gasteiger partial charge in [0.05, 0.1) is 34.1 Å². The van der Waals surface area contributed by atoms with E-state index in [4.69, 9.17) is 16.9 Å². The third-order valence-corrected chi connectivity index (χ3v) is 5.98. The molecule has 2 heterocycles. The number of hydrogen-bond acceptors (Lipinski definition) is 6. The van der Waals surface area contributed by atoms with Gasteiger partial charge in [-0.05, 0) is 17.7 Å². The lowest BCUT2D eigenvalue weighted by Gasteiger charge is -2.15. The van der Waals surface area contributed by atoms with Gasteiger partial charge in [-0.1, -0.05) is 12.0 Å². The summed E-state index contributed by atoms with van der Waals surface area (Å²) in [6.45, 7) is 0.0888. The molecular formula is C25H18F2N6O2. The van der Waals surface area contributed by atoms with Gasteiger partial charge in [0.25, 0.3) is 5.56 Å². The maximum absolute atomic E-state index is 15.7. The maximum Gasteiger partial charge on any atom is 0.272 e. The van der Waals surface area contributed by atoms with Crippen LogP contribution in [0.2, 0.25) is 0 Å². The Balaban J connectivity index is 1.77. The van der Waals surface area contributed by atoms with Crippen molar-refractivity contribution in [1.82, 2.24) is 20.0 Å². The van der Waals surface area contributed by atoms with Crippen LogP contribution in [0.15, 0.2) is 35.3 Å². The van der Waals surface area contributed by atoms with Crippen molar-refractivity contribution in [1.29, 1.82) is 5.26 Å². The van der Waals surface area contributed by atoms with Crippen molar-refractivity contribution in [2.75, 3.05) is 0 Å². The highest BCUT2D eigenvalue weighted by molar-refractivity contribution is 5.92. The number of halogens is 2. The molecule has 5 rings (SSSR count). The van der Waals surface area contributed by atoms with Crippen LogP contribution < -0.4 is 16.0 Å². The lowest BCUT2D eigenvalue weighted by atomic mass is 9.94. The molecule has 10 heteroatoms. The number of terminal acetylenes is 1. The number of nitrogens with zero attached hydrogens (tertiary/aromatic N) is 4. The van der Waals surface area contributed by atoms with Crippen LogP contribution in [0.1, 0.15) is 23.2 Å². The number of nitrogens with two attached hydrogens (primary N) is 1. The van der Waals surface area contributed by atoms with Crippen LogP contribution in [0.4, 0.5) is 8.78 Å². The molecule has 1 fully saturated rings. The Labute approximate surface area is 197 Å². The zero-order valence-electron chi connectivity index (χ0n) is 18.5. The highest BCUT2D eigenvalue weighted by Crippen LogP contribution is 2.42. The average molecular weight is 472 g/mol. The summed E-state index contributed by atoms with van der Waals surface area (Å²) in [5, 5.41) is 21.6. The topological polar surface area (TPSA) is 123 Å². The van der Waals surface area contributed by atoms with Crippen LogP contribution in [0.25, 0.3) is 33.2 Å². The summed E-state index contributed by atoms with van der Waals surface area (Å²) in [5.41, 5.74) is 6.88. The molecule has 0 unspecified atom stereocenters. The van der Waals surface area contributed by atoms with Crippen molar-refractivity contribution in [2.24, 2.45) is 12.8 Å². The minimum atomic E-state index is -1.15. The zero-order valence-corrected chi connectivity index (χ0v) is 18.5. The summed E-state index contributed by atoms with van der Waals surface area (Å²) in [6.07, 6.45) is 5.37. The highest BCUT2D eigenvalue weighted by Gasteiger charge is 2.41. The number of fused-ring (bicyclic) bond motifs is 1. The van der Waals surface area contributed by atoms with E-state index in [1.807, 2.05) is 6.07 Å². The minimum absolute atomic E-state index is 0.00816. The van der Waals surface area contributed by atoms with Crippen molar-refractivity contribution in [3.63, 3.8) is 0 Å². The summed E-state index contributed by atoms with van der Waals surface area (Å²) in [5.74, 6) is 1.48. The summed E-state index contributed by atoms with van der Waals surface area (Å²) >= 11 is 0. The molecule has 0 radical (unpaired) electrons. The first-order chi connectivity index (χ1) is 16.9. The molecule has 4 aromatic rings. The lowest BCUT2D eigenvalue weighted by Crippen LogP contribution is -2.13. The summed E-state index contributed by atoms with van der Waals surface area (Å²) < 4.78 is 36.2. The molecule has 0 saturated heterocycles. The quantitative estimate of drug-likeness (QED) is 0.431. The van der Waals surface area contributed by atoms with Crippen molar-refractivity contribution < 1.29 is 13.5 Å². The number of ether oxygens (including phenoxy) is 1. The largest absolute Gasteiger partial charge is 0.486 e. The van der Waals surface area contributed by atoms with Crippen molar-refractivity contribution in [2.45, 2.75) is 25.2 Å². The molecule has 2 aromatic heterocycles. The maximum atomic E-state index is 15.7. The van der Waals surface area contributed by atoms with Gasteiger partial charge in [0.1, 0.15) is 35.5 Å². The normalized spacial score (nSPS) is 16.6. The molecule has 2 atom stereocenters. The first-order valence-corrected chi connectivity index (χ1v) is 10.7. The second-order valence-corrected chi connectivity index (χ2v) is 8.14. The number of aromatic nitrogens is 4. The van der Waals surface area contributed by atoms with E-state index in [-0.39, 0.29) is 46.7 Å². The van der Waals surface area contributed by atoms with E-state index in [0.29, 0.717) is 27.6 Å². The van der Waals surface area contributed by atoms with E-state index in [1.54, 1.807) is 25.2 Å². The third-order valence-electron chi connectivity index (χ3n) is 5.98. The first kappa shape index (κ1) is 22.3. The lowest BCUT2D eigenvalue weighted by molar-refractivity contribution is 0.260. The van der Waals surface area contributed by atoms with Crippen LogP contribution in [0.3, 0.4) is 0 Å². The molecule has 0 bridgehead atoms. The van der Waals surface area contributed by atoms with E-state index in [1.165, 1.54) is 16.9 Å². The van der Waals surface area contributed by atoms with Gasteiger partial charge < -0.3 is 10.5 Å². The second kappa shape index (κ2) is 8.35. The predicted molar refractivity (Wildman–Crippen MR) is 124 cm³/mol. The predicted octanol–water partition coefficient (Wildman–Crippen LogP) is 2.93. The van der Waals surface area contributed by atoms with E-state index < -0.39 is 18.1 Å². The van der Waals surface area contributed by atoms with Gasteiger partial charge in [0.2, 0.25) is 0 Å². The Morgan fingerprint density at radius 3 is 2.80 bits per heavy atom. The third kappa shape index (κ3) is 3.61. The SMILES string of the molecule is C#Cc1cc(O[C@@H]2C[C@H]2F)c(C#N)c(-c2c(-c3ccc4c(=O)[nH]nc(CN)c4c3)cnn2C)c1F. The number of H-pyrrole nitrogens is 1. The number of alkyl halides is 1. The van der Waals surface area contributed by atoms with Crippen LogP contribution in [-0.2, 0) is 13.6 Å². The fourth-order valence-corrected chi connectivity index (χ4v) is 4.08. The molecule has 0 amide bonds. The molecule has 0 spiro atoms. The Morgan fingerprint density at radius 2 is 2.14 bits per heavy atom. The van der Waals surface area contributed by atoms with Crippen molar-refractivity contribution >= 4 is 10.8 Å². The van der Waals surface area contributed by atoms with Gasteiger partial charge in [-0.3, -0.25) is 9.48 Å². The number of benzene rings is 2. The molecule has 1 aliphatic rings. The Morgan fingerprint density at radius 1 is 1.37 bits per heavy atom. The Bertz CT molecular complexity index is 1640. The van der Waals surface area contributed by atoms with Gasteiger partial charge in [-0.15, -0.1) is 6.42 Å². The van der Waals surface area contributed by atoms with Gasteiger partial charge >= 0.3 is 0 Å². The van der Waals surface area contributed by atoms with Crippen LogP contribution in [-0.4, -0.2) is 32.3 Å². The number of nitriles is 1. The van der Waals surface area contributed by atoms with Gasteiger partial charge in [0.15, 0.2) is 0 Å². The number of aromatic amines is 1. The molecule has 1 saturated carbocycles. The smallest absolute Gasteiger partial charge is 0.272 e. The van der Waals surface area contributed by atoms with E-state index in [2.05, 4.69) is 21.2 Å². The zero-order chi connectivity index (χ0) is 24.9. The second-order valence-electron chi connectivity index (χ2n) is 8.14. The molecular weight excluding hydrogens is 454 g/mol. The summed E-state index contributed by atoms with van der Waals surface area (Å²) in [7, 11) is 1.60. The van der Waals surface area contributed by atoms with Crippen molar-refractivity contribution in [3.05, 3.63) is 63.5 Å². The van der Waals surface area contributed by atoms with Crippen LogP contribution in [0.5, 0.6) is 5.75 Å². The Kier molecular flexibility index (Phi) is 5.31. The van der Waals surface area contributed by atoms with Gasteiger partial charge in [0, 0.05) is 37.0 Å². The molecule has 3 N–H and O–H groups in total. The van der Waals surface area contributed by atoms with E-state index in [0.717, 1.165) is 0 Å². The number of nitrogens with one attached hydrogen (secondary N) is 1. The van der Waals surface area contributed by atoms with Crippen LogP contribution >= 0.6 is 0 Å². The average Bonchev–Trinajstić information content (AvgIpc) is 3.42. The van der Waals surface area contributed by atoms with E-state index >= 15 is 4.39 Å². The van der Waals surface area contributed by atoms with Gasteiger partial charge in [-0.2, -0.15) is 15.5 Å². The van der Waals surface area contributed by atoms with Crippen LogP contribution in [0, 0.1) is 29.5 Å². The molecule has 2 aromatic carbocycles. The minimum Gasteiger partial charge on any atom is -0.486 e. The molecule has 1 aliphatic carbocycles. The molecule has 174 valence electrons. The van der Waals surface area contributed by atoms with Gasteiger partial charge in [-0.25, -0.2) is 13.9 Å². The fraction of sp³-hybridized carbons (Fsp3) is 0.200. The molecule has 35 heavy (non-hydrogen) atoms. The standard InChI is InChI=1S/C25H18F2N6O2/c1-3-12-7-20(35-21-8-18(21)26)16(9-28)22(23(12)27)24-17(11-30-33(24)2)13-4-5-14-15(6-13)19(10-29)31-32-25(14)34/h1,4-7,11,18,21H,8,10,29H2,2H3,(H,32,34)/t18-,21-/m1/s1. The molecule has 0 aliphatic heterocycles. The monoisotopic (exact) mass is 472 g/mol. The fourth-order valence-electron chi connectivity index (χ4n) is 4.08. The van der Waals surface area contributed by atoms with E-state index in [9.17, 15) is 14.4 Å². The summed E-state index contributed by atoms with van der Waals surface area (Å²) in [6, 6.07) is 8.23. The summed E-state index contributed by atoms with van der Waals surface area (Å²) in [4.78, 5) is 12.2. The number of aryl methyl sites for hydroxylation is 1. The van der Waals surface area contributed by atoms with Crippen molar-refractivity contribution in [3.8, 4) is 46.5 Å². The first-order valence-electron chi connectivity index (χ1n) is 10.7. The Hall–Kier alpha value is -4.54. The molecule has 8 nitrogen and oxygen atoms in total. The number of hydrogen-bond donors (Lipinski definition) is 2. The highest BCUT2D eigenvalue weighted by atomic mass is 19.1. The number of rotatable bonds is 5.